The van der Waals surface area contributed by atoms with Crippen LogP contribution in [0.2, 0.25) is 0 Å². The molecule has 2 N–H and O–H groups in total. The molecule has 6 heteroatoms. The average molecular weight is 249 g/mol. The predicted octanol–water partition coefficient (Wildman–Crippen LogP) is 0.594. The molecular weight excluding hydrogens is 234 g/mol. The topological polar surface area (TPSA) is 92.2 Å². The first-order valence-electron chi connectivity index (χ1n) is 5.94. The lowest BCUT2D eigenvalue weighted by atomic mass is 9.95. The van der Waals surface area contributed by atoms with Gasteiger partial charge < -0.3 is 10.4 Å². The second-order valence-electron chi connectivity index (χ2n) is 4.40. The van der Waals surface area contributed by atoms with Gasteiger partial charge in [0.1, 0.15) is 6.33 Å². The Morgan fingerprint density at radius 2 is 2.17 bits per heavy atom. The van der Waals surface area contributed by atoms with Crippen molar-refractivity contribution in [3.05, 3.63) is 24.3 Å². The summed E-state index contributed by atoms with van der Waals surface area (Å²) >= 11 is 0. The number of carbonyl (C=O) groups excluding carboxylic acids is 1. The Hall–Kier alpha value is -1.98. The van der Waals surface area contributed by atoms with Crippen molar-refractivity contribution in [3.8, 4) is 0 Å². The van der Waals surface area contributed by atoms with Crippen LogP contribution in [0.1, 0.15) is 25.0 Å². The highest BCUT2D eigenvalue weighted by Gasteiger charge is 2.37. The van der Waals surface area contributed by atoms with Crippen LogP contribution in [0.5, 0.6) is 0 Å². The summed E-state index contributed by atoms with van der Waals surface area (Å²) in [5.74, 6) is -2.03. The Labute approximate surface area is 104 Å². The van der Waals surface area contributed by atoms with E-state index in [4.69, 9.17) is 5.11 Å². The number of carbonyl (C=O) groups is 2. The third-order valence-corrected chi connectivity index (χ3v) is 3.26. The lowest BCUT2D eigenvalue weighted by Crippen LogP contribution is -2.35. The van der Waals surface area contributed by atoms with Gasteiger partial charge in [-0.05, 0) is 18.9 Å². The van der Waals surface area contributed by atoms with Gasteiger partial charge in [-0.15, -0.1) is 0 Å². The van der Waals surface area contributed by atoms with Gasteiger partial charge in [0.2, 0.25) is 5.91 Å². The monoisotopic (exact) mass is 249 g/mol. The van der Waals surface area contributed by atoms with Crippen LogP contribution in [0.25, 0.3) is 0 Å². The van der Waals surface area contributed by atoms with Crippen LogP contribution in [0.3, 0.4) is 0 Å². The van der Waals surface area contributed by atoms with Crippen molar-refractivity contribution in [2.24, 2.45) is 11.8 Å². The van der Waals surface area contributed by atoms with Crippen LogP contribution in [0.4, 0.5) is 0 Å². The quantitative estimate of drug-likeness (QED) is 0.815. The van der Waals surface area contributed by atoms with Crippen molar-refractivity contribution in [2.45, 2.75) is 25.8 Å². The summed E-state index contributed by atoms with van der Waals surface area (Å²) in [5.41, 5.74) is 0.711. The van der Waals surface area contributed by atoms with Gasteiger partial charge in [0, 0.05) is 6.20 Å². The molecule has 0 radical (unpaired) electrons. The number of aliphatic carboxylic acids is 1. The van der Waals surface area contributed by atoms with Crippen LogP contribution in [0, 0.1) is 11.8 Å². The van der Waals surface area contributed by atoms with Gasteiger partial charge in [0.25, 0.3) is 0 Å². The standard InChI is InChI=1S/C12H15N3O3/c16-11(9-2-1-3-10(9)12(17)18)14-6-8-4-5-13-7-15-8/h4-5,7,9-10H,1-3,6H2,(H,14,16)(H,17,18)/t9-,10+/m1/s1. The number of carboxylic acid groups (broad SMARTS) is 1. The molecule has 0 unspecified atom stereocenters. The molecule has 1 aliphatic carbocycles. The maximum Gasteiger partial charge on any atom is 0.307 e. The minimum absolute atomic E-state index is 0.196. The minimum atomic E-state index is -0.880. The molecule has 1 aliphatic rings. The van der Waals surface area contributed by atoms with E-state index >= 15 is 0 Å². The molecule has 1 fully saturated rings. The maximum absolute atomic E-state index is 11.9. The van der Waals surface area contributed by atoms with Gasteiger partial charge in [-0.2, -0.15) is 0 Å². The minimum Gasteiger partial charge on any atom is -0.481 e. The van der Waals surface area contributed by atoms with E-state index in [9.17, 15) is 9.59 Å². The van der Waals surface area contributed by atoms with Gasteiger partial charge in [-0.1, -0.05) is 6.42 Å². The number of rotatable bonds is 4. The van der Waals surface area contributed by atoms with Gasteiger partial charge in [0.15, 0.2) is 0 Å². The summed E-state index contributed by atoms with van der Waals surface area (Å²) in [4.78, 5) is 30.7. The molecule has 1 heterocycles. The molecule has 0 aromatic carbocycles. The van der Waals surface area contributed by atoms with Crippen LogP contribution in [-0.2, 0) is 16.1 Å². The van der Waals surface area contributed by atoms with E-state index in [1.165, 1.54) is 6.33 Å². The molecule has 0 saturated heterocycles. The van der Waals surface area contributed by atoms with Crippen molar-refractivity contribution in [3.63, 3.8) is 0 Å². The SMILES string of the molecule is O=C(O)[C@H]1CCC[C@H]1C(=O)NCc1ccncn1. The first kappa shape index (κ1) is 12.5. The van der Waals surface area contributed by atoms with Gasteiger partial charge in [0.05, 0.1) is 24.1 Å². The van der Waals surface area contributed by atoms with Crippen molar-refractivity contribution in [2.75, 3.05) is 0 Å². The number of nitrogens with zero attached hydrogens (tertiary/aromatic N) is 2. The van der Waals surface area contributed by atoms with Gasteiger partial charge >= 0.3 is 5.97 Å². The Bertz CT molecular complexity index is 435. The van der Waals surface area contributed by atoms with E-state index < -0.39 is 17.8 Å². The van der Waals surface area contributed by atoms with Crippen molar-refractivity contribution < 1.29 is 14.7 Å². The fraction of sp³-hybridized carbons (Fsp3) is 0.500. The smallest absolute Gasteiger partial charge is 0.307 e. The highest BCUT2D eigenvalue weighted by Crippen LogP contribution is 2.32. The van der Waals surface area contributed by atoms with E-state index in [-0.39, 0.29) is 5.91 Å². The lowest BCUT2D eigenvalue weighted by Gasteiger charge is -2.15. The Morgan fingerprint density at radius 3 is 2.83 bits per heavy atom. The van der Waals surface area contributed by atoms with E-state index in [0.29, 0.717) is 25.1 Å². The van der Waals surface area contributed by atoms with Crippen molar-refractivity contribution in [1.82, 2.24) is 15.3 Å². The number of amides is 1. The molecule has 0 spiro atoms. The first-order valence-corrected chi connectivity index (χ1v) is 5.94. The van der Waals surface area contributed by atoms with E-state index in [1.807, 2.05) is 0 Å². The highest BCUT2D eigenvalue weighted by atomic mass is 16.4. The lowest BCUT2D eigenvalue weighted by molar-refractivity contribution is -0.146. The summed E-state index contributed by atoms with van der Waals surface area (Å²) in [6, 6.07) is 1.71. The fourth-order valence-corrected chi connectivity index (χ4v) is 2.30. The molecular formula is C12H15N3O3. The summed E-state index contributed by atoms with van der Waals surface area (Å²) in [6.07, 6.45) is 5.04. The number of hydrogen-bond acceptors (Lipinski definition) is 4. The third-order valence-electron chi connectivity index (χ3n) is 3.26. The molecule has 18 heavy (non-hydrogen) atoms. The summed E-state index contributed by atoms with van der Waals surface area (Å²) in [6.45, 7) is 0.310. The van der Waals surface area contributed by atoms with E-state index in [2.05, 4.69) is 15.3 Å². The first-order chi connectivity index (χ1) is 8.68. The molecule has 1 aromatic rings. The second kappa shape index (κ2) is 5.57. The number of carboxylic acids is 1. The Kier molecular flexibility index (Phi) is 3.86. The van der Waals surface area contributed by atoms with Crippen molar-refractivity contribution in [1.29, 1.82) is 0 Å². The van der Waals surface area contributed by atoms with E-state index in [0.717, 1.165) is 6.42 Å². The summed E-state index contributed by atoms with van der Waals surface area (Å²) < 4.78 is 0. The summed E-state index contributed by atoms with van der Waals surface area (Å²) in [7, 11) is 0. The van der Waals surface area contributed by atoms with Crippen LogP contribution >= 0.6 is 0 Å². The highest BCUT2D eigenvalue weighted by molar-refractivity contribution is 5.85. The third kappa shape index (κ3) is 2.82. The van der Waals surface area contributed by atoms with Crippen LogP contribution in [0.15, 0.2) is 18.6 Å². The van der Waals surface area contributed by atoms with Crippen molar-refractivity contribution >= 4 is 11.9 Å². The molecule has 2 rings (SSSR count). The van der Waals surface area contributed by atoms with Crippen LogP contribution < -0.4 is 5.32 Å². The fourth-order valence-electron chi connectivity index (χ4n) is 2.30. The molecule has 1 amide bonds. The number of hydrogen-bond donors (Lipinski definition) is 2. The van der Waals surface area contributed by atoms with E-state index in [1.54, 1.807) is 12.3 Å². The maximum atomic E-state index is 11.9. The molecule has 96 valence electrons. The molecule has 0 bridgehead atoms. The average Bonchev–Trinajstić information content (AvgIpc) is 2.86. The largest absolute Gasteiger partial charge is 0.481 e. The van der Waals surface area contributed by atoms with Crippen LogP contribution in [-0.4, -0.2) is 27.0 Å². The van der Waals surface area contributed by atoms with Gasteiger partial charge in [-0.3, -0.25) is 9.59 Å². The Balaban J connectivity index is 1.90. The Morgan fingerprint density at radius 1 is 1.39 bits per heavy atom. The number of nitrogens with one attached hydrogen (secondary N) is 1. The normalized spacial score (nSPS) is 22.7. The molecule has 1 saturated carbocycles. The van der Waals surface area contributed by atoms with Gasteiger partial charge in [-0.25, -0.2) is 9.97 Å². The second-order valence-corrected chi connectivity index (χ2v) is 4.40. The predicted molar refractivity (Wildman–Crippen MR) is 62.3 cm³/mol. The molecule has 6 nitrogen and oxygen atoms in total. The number of aromatic nitrogens is 2. The molecule has 1 aromatic heterocycles. The molecule has 2 atom stereocenters. The zero-order valence-corrected chi connectivity index (χ0v) is 9.87. The zero-order valence-electron chi connectivity index (χ0n) is 9.87. The zero-order chi connectivity index (χ0) is 13.0. The summed E-state index contributed by atoms with van der Waals surface area (Å²) in [5, 5.41) is 11.8. The molecule has 0 aliphatic heterocycles.